The number of ether oxygens (including phenoxy) is 1. The molecule has 3 aliphatic rings. The van der Waals surface area contributed by atoms with Gasteiger partial charge in [0, 0.05) is 20.7 Å². The van der Waals surface area contributed by atoms with Gasteiger partial charge in [-0.05, 0) is 36.5 Å². The molecule has 0 radical (unpaired) electrons. The number of imide groups is 1. The summed E-state index contributed by atoms with van der Waals surface area (Å²) in [5.41, 5.74) is 0.399. The molecule has 2 aliphatic carbocycles. The minimum Gasteiger partial charge on any atom is -0.456 e. The van der Waals surface area contributed by atoms with Crippen molar-refractivity contribution in [1.82, 2.24) is 4.90 Å². The molecule has 1 aliphatic heterocycles. The third-order valence-electron chi connectivity index (χ3n) is 6.19. The van der Waals surface area contributed by atoms with Crippen LogP contribution in [0, 0.1) is 23.7 Å². The number of carbonyl (C=O) groups excluding carboxylic acids is 4. The van der Waals surface area contributed by atoms with E-state index in [4.69, 9.17) is 16.3 Å². The highest BCUT2D eigenvalue weighted by molar-refractivity contribution is 9.12. The number of esters is 1. The van der Waals surface area contributed by atoms with Crippen LogP contribution in [0.4, 0.5) is 5.69 Å². The van der Waals surface area contributed by atoms with Crippen molar-refractivity contribution in [2.45, 2.75) is 22.5 Å². The summed E-state index contributed by atoms with van der Waals surface area (Å²) in [5, 5.41) is 2.90. The number of nitrogens with zero attached hydrogens (tertiary/aromatic N) is 1. The maximum Gasteiger partial charge on any atom is 0.308 e. The number of rotatable bonds is 6. The van der Waals surface area contributed by atoms with Crippen LogP contribution in [0.1, 0.15) is 12.8 Å². The molecule has 1 saturated heterocycles. The molecule has 0 unspecified atom stereocenters. The van der Waals surface area contributed by atoms with Gasteiger partial charge in [0.15, 0.2) is 6.61 Å². The lowest BCUT2D eigenvalue weighted by Crippen LogP contribution is -2.37. The summed E-state index contributed by atoms with van der Waals surface area (Å²) in [7, 11) is 0. The summed E-state index contributed by atoms with van der Waals surface area (Å²) in [6.07, 6.45) is 0.695. The van der Waals surface area contributed by atoms with E-state index >= 15 is 0 Å². The Morgan fingerprint density at radius 2 is 1.74 bits per heavy atom. The van der Waals surface area contributed by atoms with Crippen molar-refractivity contribution in [3.63, 3.8) is 0 Å². The number of anilines is 1. The fraction of sp³-hybridized carbons (Fsp3) is 0.500. The molecule has 4 rings (SSSR count). The minimum atomic E-state index is -0.658. The van der Waals surface area contributed by atoms with Crippen molar-refractivity contribution in [2.24, 2.45) is 23.7 Å². The molecule has 3 fully saturated rings. The van der Waals surface area contributed by atoms with Crippen LogP contribution in [0.15, 0.2) is 22.7 Å². The molecule has 1 aromatic carbocycles. The fourth-order valence-corrected chi connectivity index (χ4v) is 7.42. The van der Waals surface area contributed by atoms with Crippen LogP contribution >= 0.6 is 59.4 Å². The average Bonchev–Trinajstić information content (AvgIpc) is 3.32. The smallest absolute Gasteiger partial charge is 0.308 e. The summed E-state index contributed by atoms with van der Waals surface area (Å²) in [6.45, 7) is -0.526. The molecule has 7 nitrogen and oxygen atoms in total. The Balaban J connectivity index is 1.26. The van der Waals surface area contributed by atoms with Gasteiger partial charge in [-0.1, -0.05) is 59.4 Å². The summed E-state index contributed by atoms with van der Waals surface area (Å²) < 4.78 is 5.75. The van der Waals surface area contributed by atoms with Gasteiger partial charge in [-0.3, -0.25) is 24.1 Å². The third kappa shape index (κ3) is 4.32. The molecular formula is C20H18Br3ClN2O5. The zero-order chi connectivity index (χ0) is 22.4. The second kappa shape index (κ2) is 9.11. The normalized spacial score (nSPS) is 31.2. The van der Waals surface area contributed by atoms with Crippen LogP contribution in [0.2, 0.25) is 5.02 Å². The van der Waals surface area contributed by atoms with Crippen LogP contribution in [-0.4, -0.2) is 51.4 Å². The summed E-state index contributed by atoms with van der Waals surface area (Å²) in [5.74, 6) is -1.98. The Kier molecular flexibility index (Phi) is 6.82. The lowest BCUT2D eigenvalue weighted by Gasteiger charge is -2.28. The van der Waals surface area contributed by atoms with E-state index in [2.05, 4.69) is 53.1 Å². The maximum atomic E-state index is 12.8. The highest BCUT2D eigenvalue weighted by atomic mass is 79.9. The van der Waals surface area contributed by atoms with Crippen molar-refractivity contribution in [3.8, 4) is 0 Å². The highest BCUT2D eigenvalue weighted by Gasteiger charge is 2.66. The molecule has 166 valence electrons. The van der Waals surface area contributed by atoms with E-state index in [-0.39, 0.29) is 58.1 Å². The first-order valence-corrected chi connectivity index (χ1v) is 12.7. The maximum absolute atomic E-state index is 12.8. The lowest BCUT2D eigenvalue weighted by atomic mass is 9.81. The number of amides is 3. The van der Waals surface area contributed by atoms with Crippen molar-refractivity contribution in [1.29, 1.82) is 0 Å². The zero-order valence-electron chi connectivity index (χ0n) is 16.0. The first-order chi connectivity index (χ1) is 14.7. The minimum absolute atomic E-state index is 0.0387. The van der Waals surface area contributed by atoms with E-state index in [1.165, 1.54) is 4.90 Å². The Morgan fingerprint density at radius 1 is 1.13 bits per heavy atom. The Morgan fingerprint density at radius 3 is 2.32 bits per heavy atom. The SMILES string of the molecule is O=C(COC(=O)CCN1C(=O)[C@@H]2[C@H]3C[C@@H]([C@H](Br)[C@H]3Br)[C@@H]2C1=O)Nc1ccc(Br)cc1Cl. The lowest BCUT2D eigenvalue weighted by molar-refractivity contribution is -0.149. The van der Waals surface area contributed by atoms with E-state index < -0.39 is 18.5 Å². The average molecular weight is 642 g/mol. The Labute approximate surface area is 208 Å². The van der Waals surface area contributed by atoms with Gasteiger partial charge in [-0.25, -0.2) is 0 Å². The number of hydrogen-bond acceptors (Lipinski definition) is 5. The van der Waals surface area contributed by atoms with Gasteiger partial charge < -0.3 is 10.1 Å². The van der Waals surface area contributed by atoms with Gasteiger partial charge in [-0.15, -0.1) is 0 Å². The summed E-state index contributed by atoms with van der Waals surface area (Å²) >= 11 is 16.6. The Hall–Kier alpha value is -0.970. The summed E-state index contributed by atoms with van der Waals surface area (Å²) in [4.78, 5) is 51.2. The Bertz CT molecular complexity index is 929. The van der Waals surface area contributed by atoms with Gasteiger partial charge in [0.05, 0.1) is 29.0 Å². The predicted octanol–water partition coefficient (Wildman–Crippen LogP) is 3.75. The van der Waals surface area contributed by atoms with Gasteiger partial charge in [0.2, 0.25) is 11.8 Å². The molecule has 0 aromatic heterocycles. The van der Waals surface area contributed by atoms with Crippen LogP contribution in [0.3, 0.4) is 0 Å². The number of nitrogens with one attached hydrogen (secondary N) is 1. The molecule has 1 aromatic rings. The second-order valence-corrected chi connectivity index (χ2v) is 11.4. The van der Waals surface area contributed by atoms with Gasteiger partial charge in [-0.2, -0.15) is 0 Å². The van der Waals surface area contributed by atoms with Crippen molar-refractivity contribution in [2.75, 3.05) is 18.5 Å². The second-order valence-electron chi connectivity index (χ2n) is 7.91. The molecule has 1 heterocycles. The summed E-state index contributed by atoms with van der Waals surface area (Å²) in [6, 6.07) is 4.97. The predicted molar refractivity (Wildman–Crippen MR) is 124 cm³/mol. The third-order valence-corrected chi connectivity index (χ3v) is 10.2. The van der Waals surface area contributed by atoms with Crippen molar-refractivity contribution >= 4 is 88.8 Å². The van der Waals surface area contributed by atoms with E-state index in [1.807, 2.05) is 0 Å². The molecule has 2 bridgehead atoms. The van der Waals surface area contributed by atoms with Crippen molar-refractivity contribution in [3.05, 3.63) is 27.7 Å². The number of fused-ring (bicyclic) bond motifs is 5. The van der Waals surface area contributed by atoms with Crippen molar-refractivity contribution < 1.29 is 23.9 Å². The number of hydrogen-bond donors (Lipinski definition) is 1. The molecule has 1 N–H and O–H groups in total. The van der Waals surface area contributed by atoms with Gasteiger partial charge in [0.1, 0.15) is 0 Å². The van der Waals surface area contributed by atoms with Crippen LogP contribution in [-0.2, 0) is 23.9 Å². The number of halogens is 4. The molecular weight excluding hydrogens is 623 g/mol. The molecule has 6 atom stereocenters. The first kappa shape index (κ1) is 23.2. The quantitative estimate of drug-likeness (QED) is 0.291. The number of likely N-dealkylation sites (tertiary alicyclic amines) is 1. The number of benzene rings is 1. The van der Waals surface area contributed by atoms with Crippen LogP contribution in [0.5, 0.6) is 0 Å². The molecule has 2 saturated carbocycles. The molecule has 31 heavy (non-hydrogen) atoms. The van der Waals surface area contributed by atoms with E-state index in [9.17, 15) is 19.2 Å². The van der Waals surface area contributed by atoms with E-state index in [0.29, 0.717) is 10.7 Å². The number of carbonyl (C=O) groups is 4. The van der Waals surface area contributed by atoms with Crippen LogP contribution < -0.4 is 5.32 Å². The van der Waals surface area contributed by atoms with Crippen LogP contribution in [0.25, 0.3) is 0 Å². The highest BCUT2D eigenvalue weighted by Crippen LogP contribution is 2.60. The van der Waals surface area contributed by atoms with Gasteiger partial charge in [0.25, 0.3) is 5.91 Å². The monoisotopic (exact) mass is 638 g/mol. The fourth-order valence-electron chi connectivity index (χ4n) is 4.83. The largest absolute Gasteiger partial charge is 0.456 e. The van der Waals surface area contributed by atoms with E-state index in [1.54, 1.807) is 18.2 Å². The molecule has 11 heteroatoms. The topological polar surface area (TPSA) is 92.8 Å². The standard InChI is InChI=1S/C20H18Br3ClN2O5/c21-8-1-2-12(11(24)5-8)25-13(27)7-31-14(28)3-4-26-19(29)15-9-6-10(16(15)20(26)30)18(23)17(9)22/h1-2,5,9-10,15-18H,3-4,6-7H2,(H,25,27)/t9-,10-,15-,16+,17+,18+/m1/s1. The molecule has 3 amide bonds. The zero-order valence-corrected chi connectivity index (χ0v) is 21.5. The van der Waals surface area contributed by atoms with E-state index in [0.717, 1.165) is 10.9 Å². The van der Waals surface area contributed by atoms with Gasteiger partial charge >= 0.3 is 5.97 Å². The molecule has 0 spiro atoms. The number of alkyl halides is 2. The first-order valence-electron chi connectivity index (χ1n) is 9.73.